The first kappa shape index (κ1) is 17.2. The fourth-order valence-electron chi connectivity index (χ4n) is 2.53. The number of ether oxygens (including phenoxy) is 1. The Morgan fingerprint density at radius 1 is 1.28 bits per heavy atom. The number of benzene rings is 1. The van der Waals surface area contributed by atoms with Gasteiger partial charge >= 0.3 is 5.97 Å². The molecule has 0 aliphatic rings. The van der Waals surface area contributed by atoms with E-state index in [9.17, 15) is 4.79 Å². The van der Waals surface area contributed by atoms with Crippen LogP contribution in [0.25, 0.3) is 11.3 Å². The highest BCUT2D eigenvalue weighted by Crippen LogP contribution is 2.34. The summed E-state index contributed by atoms with van der Waals surface area (Å²) in [6.07, 6.45) is 0.209. The van der Waals surface area contributed by atoms with Gasteiger partial charge in [-0.05, 0) is 20.8 Å². The molecule has 0 bridgehead atoms. The topological polar surface area (TPSA) is 79.9 Å². The van der Waals surface area contributed by atoms with E-state index in [0.717, 1.165) is 38.3 Å². The summed E-state index contributed by atoms with van der Waals surface area (Å²) in [4.78, 5) is 17.5. The summed E-state index contributed by atoms with van der Waals surface area (Å²) in [6.45, 7) is 6.06. The summed E-state index contributed by atoms with van der Waals surface area (Å²) >= 11 is 1.46. The molecule has 0 amide bonds. The summed E-state index contributed by atoms with van der Waals surface area (Å²) < 4.78 is 5.09. The summed E-state index contributed by atoms with van der Waals surface area (Å²) in [6, 6.07) is 9.85. The Kier molecular flexibility index (Phi) is 5.14. The van der Waals surface area contributed by atoms with Gasteiger partial charge < -0.3 is 10.1 Å². The number of thiazole rings is 1. The van der Waals surface area contributed by atoms with Crippen LogP contribution in [0.15, 0.2) is 30.3 Å². The molecule has 0 spiro atoms. The van der Waals surface area contributed by atoms with Crippen molar-refractivity contribution < 1.29 is 9.53 Å². The van der Waals surface area contributed by atoms with Crippen LogP contribution in [-0.2, 0) is 16.0 Å². The van der Waals surface area contributed by atoms with Crippen molar-refractivity contribution in [2.45, 2.75) is 27.2 Å². The van der Waals surface area contributed by atoms with E-state index in [1.807, 2.05) is 44.2 Å². The van der Waals surface area contributed by atoms with Gasteiger partial charge in [-0.1, -0.05) is 30.3 Å². The second-order valence-corrected chi connectivity index (χ2v) is 6.66. The molecular formula is C18H20N4O2S. The van der Waals surface area contributed by atoms with Crippen molar-refractivity contribution in [3.63, 3.8) is 0 Å². The lowest BCUT2D eigenvalue weighted by atomic mass is 10.1. The summed E-state index contributed by atoms with van der Waals surface area (Å²) in [5.41, 5.74) is 4.52. The number of aromatic amines is 1. The van der Waals surface area contributed by atoms with Gasteiger partial charge in [-0.25, -0.2) is 4.98 Å². The number of rotatable bonds is 6. The van der Waals surface area contributed by atoms with E-state index >= 15 is 0 Å². The predicted octanol–water partition coefficient (Wildman–Crippen LogP) is 4.00. The third kappa shape index (κ3) is 3.88. The largest absolute Gasteiger partial charge is 0.466 e. The number of H-pyrrole nitrogens is 1. The number of anilines is 2. The maximum absolute atomic E-state index is 12.0. The van der Waals surface area contributed by atoms with Crippen molar-refractivity contribution in [3.05, 3.63) is 46.6 Å². The molecule has 0 unspecified atom stereocenters. The Morgan fingerprint density at radius 3 is 2.68 bits per heavy atom. The van der Waals surface area contributed by atoms with Crippen molar-refractivity contribution in [2.24, 2.45) is 0 Å². The smallest absolute Gasteiger partial charge is 0.311 e. The second kappa shape index (κ2) is 7.48. The Balaban J connectivity index is 1.95. The van der Waals surface area contributed by atoms with Gasteiger partial charge in [0.15, 0.2) is 5.13 Å². The molecule has 6 nitrogen and oxygen atoms in total. The molecule has 2 N–H and O–H groups in total. The maximum Gasteiger partial charge on any atom is 0.311 e. The molecule has 2 heterocycles. The normalized spacial score (nSPS) is 10.7. The molecule has 0 atom stereocenters. The van der Waals surface area contributed by atoms with Crippen LogP contribution >= 0.6 is 11.3 Å². The molecular weight excluding hydrogens is 336 g/mol. The van der Waals surface area contributed by atoms with Crippen LogP contribution in [-0.4, -0.2) is 27.8 Å². The van der Waals surface area contributed by atoms with E-state index in [4.69, 9.17) is 9.72 Å². The maximum atomic E-state index is 12.0. The van der Waals surface area contributed by atoms with Crippen LogP contribution in [0, 0.1) is 13.8 Å². The van der Waals surface area contributed by atoms with Gasteiger partial charge in [-0.15, -0.1) is 11.3 Å². The molecule has 0 radical (unpaired) electrons. The molecule has 7 heteroatoms. The lowest BCUT2D eigenvalue weighted by Gasteiger charge is -2.02. The van der Waals surface area contributed by atoms with E-state index in [1.54, 1.807) is 6.92 Å². The number of hydrogen-bond donors (Lipinski definition) is 2. The SMILES string of the molecule is CCOC(=O)Cc1sc(Nc2c(C)n[nH]c2C)nc1-c1ccccc1. The number of nitrogens with zero attached hydrogens (tertiary/aromatic N) is 2. The van der Waals surface area contributed by atoms with Gasteiger partial charge in [0.05, 0.1) is 35.8 Å². The fraction of sp³-hybridized carbons (Fsp3) is 0.278. The quantitative estimate of drug-likeness (QED) is 0.653. The van der Waals surface area contributed by atoms with Crippen molar-refractivity contribution in [2.75, 3.05) is 11.9 Å². The highest BCUT2D eigenvalue weighted by Gasteiger charge is 2.18. The van der Waals surface area contributed by atoms with Crippen molar-refractivity contribution >= 4 is 28.1 Å². The molecule has 0 saturated heterocycles. The average Bonchev–Trinajstić information content (AvgIpc) is 3.14. The zero-order valence-corrected chi connectivity index (χ0v) is 15.2. The highest BCUT2D eigenvalue weighted by atomic mass is 32.1. The summed E-state index contributed by atoms with van der Waals surface area (Å²) in [7, 11) is 0. The minimum absolute atomic E-state index is 0.209. The van der Waals surface area contributed by atoms with Crippen LogP contribution < -0.4 is 5.32 Å². The Labute approximate surface area is 150 Å². The van der Waals surface area contributed by atoms with E-state index in [-0.39, 0.29) is 12.4 Å². The molecule has 1 aromatic carbocycles. The molecule has 3 aromatic rings. The molecule has 0 fully saturated rings. The zero-order valence-electron chi connectivity index (χ0n) is 14.4. The van der Waals surface area contributed by atoms with Gasteiger partial charge in [0.1, 0.15) is 0 Å². The summed E-state index contributed by atoms with van der Waals surface area (Å²) in [5, 5.41) is 11.2. The van der Waals surface area contributed by atoms with E-state index < -0.39 is 0 Å². The van der Waals surface area contributed by atoms with Gasteiger partial charge in [0, 0.05) is 10.4 Å². The molecule has 0 aliphatic heterocycles. The fourth-order valence-corrected chi connectivity index (χ4v) is 3.51. The predicted molar refractivity (Wildman–Crippen MR) is 99.2 cm³/mol. The molecule has 0 saturated carbocycles. The van der Waals surface area contributed by atoms with Crippen LogP contribution in [0.2, 0.25) is 0 Å². The number of carbonyl (C=O) groups excluding carboxylic acids is 1. The number of aromatic nitrogens is 3. The zero-order chi connectivity index (χ0) is 17.8. The molecule has 130 valence electrons. The van der Waals surface area contributed by atoms with Crippen molar-refractivity contribution in [1.29, 1.82) is 0 Å². The first-order chi connectivity index (χ1) is 12.1. The van der Waals surface area contributed by atoms with Gasteiger partial charge in [-0.3, -0.25) is 9.89 Å². The Morgan fingerprint density at radius 2 is 2.04 bits per heavy atom. The van der Waals surface area contributed by atoms with Gasteiger partial charge in [-0.2, -0.15) is 5.10 Å². The standard InChI is InChI=1S/C18H20N4O2S/c1-4-24-15(23)10-14-17(13-8-6-5-7-9-13)20-18(25-14)19-16-11(2)21-22-12(16)3/h5-9H,4,10H2,1-3H3,(H,19,20)(H,21,22). The molecule has 3 rings (SSSR count). The summed E-state index contributed by atoms with van der Waals surface area (Å²) in [5.74, 6) is -0.245. The number of esters is 1. The van der Waals surface area contributed by atoms with E-state index in [1.165, 1.54) is 11.3 Å². The molecule has 2 aromatic heterocycles. The van der Waals surface area contributed by atoms with Gasteiger partial charge in [0.2, 0.25) is 0 Å². The van der Waals surface area contributed by atoms with Crippen molar-refractivity contribution in [3.8, 4) is 11.3 Å². The monoisotopic (exact) mass is 356 g/mol. The Hall–Kier alpha value is -2.67. The van der Waals surface area contributed by atoms with Crippen LogP contribution in [0.5, 0.6) is 0 Å². The third-order valence-electron chi connectivity index (χ3n) is 3.71. The first-order valence-corrected chi connectivity index (χ1v) is 8.89. The number of hydrogen-bond acceptors (Lipinski definition) is 6. The van der Waals surface area contributed by atoms with Crippen LogP contribution in [0.4, 0.5) is 10.8 Å². The second-order valence-electron chi connectivity index (χ2n) is 5.57. The van der Waals surface area contributed by atoms with Crippen LogP contribution in [0.1, 0.15) is 23.2 Å². The van der Waals surface area contributed by atoms with Crippen molar-refractivity contribution in [1.82, 2.24) is 15.2 Å². The molecule has 0 aliphatic carbocycles. The first-order valence-electron chi connectivity index (χ1n) is 8.07. The van der Waals surface area contributed by atoms with Gasteiger partial charge in [0.25, 0.3) is 0 Å². The highest BCUT2D eigenvalue weighted by molar-refractivity contribution is 7.16. The average molecular weight is 356 g/mol. The van der Waals surface area contributed by atoms with Crippen LogP contribution in [0.3, 0.4) is 0 Å². The number of carbonyl (C=O) groups is 1. The minimum Gasteiger partial charge on any atom is -0.466 e. The number of nitrogens with one attached hydrogen (secondary N) is 2. The van der Waals surface area contributed by atoms with E-state index in [0.29, 0.717) is 6.61 Å². The minimum atomic E-state index is -0.245. The lowest BCUT2D eigenvalue weighted by molar-refractivity contribution is -0.142. The number of aryl methyl sites for hydroxylation is 2. The lowest BCUT2D eigenvalue weighted by Crippen LogP contribution is -2.07. The third-order valence-corrected chi connectivity index (χ3v) is 4.69. The van der Waals surface area contributed by atoms with E-state index in [2.05, 4.69) is 15.5 Å². The Bertz CT molecular complexity index is 851. The molecule has 25 heavy (non-hydrogen) atoms.